The molecule has 1 unspecified atom stereocenters. The summed E-state index contributed by atoms with van der Waals surface area (Å²) in [6.07, 6.45) is 2.49. The zero-order valence-corrected chi connectivity index (χ0v) is 12.7. The molecule has 19 heavy (non-hydrogen) atoms. The normalized spacial score (nSPS) is 20.5. The van der Waals surface area contributed by atoms with Gasteiger partial charge in [-0.1, -0.05) is 29.3 Å². The number of rotatable bonds is 5. The van der Waals surface area contributed by atoms with Gasteiger partial charge in [0.05, 0.1) is 10.0 Å². The first-order chi connectivity index (χ1) is 9.20. The summed E-state index contributed by atoms with van der Waals surface area (Å²) in [7, 11) is 2.02. The lowest BCUT2D eigenvalue weighted by Gasteiger charge is -2.32. The molecule has 1 saturated heterocycles. The van der Waals surface area contributed by atoms with Crippen LogP contribution in [0.1, 0.15) is 12.8 Å². The number of para-hydroxylation sites is 1. The highest BCUT2D eigenvalue weighted by Crippen LogP contribution is 2.32. The Morgan fingerprint density at radius 3 is 2.79 bits per heavy atom. The van der Waals surface area contributed by atoms with Crippen LogP contribution >= 0.6 is 23.2 Å². The number of likely N-dealkylation sites (tertiary alicyclic amines) is 1. The Kier molecular flexibility index (Phi) is 5.76. The van der Waals surface area contributed by atoms with Gasteiger partial charge in [0.15, 0.2) is 5.75 Å². The van der Waals surface area contributed by atoms with Gasteiger partial charge >= 0.3 is 0 Å². The largest absolute Gasteiger partial charge is 0.489 e. The molecule has 106 valence electrons. The van der Waals surface area contributed by atoms with Gasteiger partial charge in [-0.2, -0.15) is 0 Å². The third-order valence-electron chi connectivity index (χ3n) is 3.49. The summed E-state index contributed by atoms with van der Waals surface area (Å²) >= 11 is 12.1. The summed E-state index contributed by atoms with van der Waals surface area (Å²) in [4.78, 5) is 2.41. The van der Waals surface area contributed by atoms with Crippen molar-refractivity contribution in [1.29, 1.82) is 0 Å². The van der Waals surface area contributed by atoms with E-state index in [1.165, 1.54) is 12.8 Å². The molecule has 0 amide bonds. The second-order valence-corrected chi connectivity index (χ2v) is 5.64. The van der Waals surface area contributed by atoms with Crippen LogP contribution in [0.5, 0.6) is 5.75 Å². The minimum atomic E-state index is 0.569. The van der Waals surface area contributed by atoms with Crippen molar-refractivity contribution >= 4 is 23.2 Å². The minimum absolute atomic E-state index is 0.569. The van der Waals surface area contributed by atoms with Gasteiger partial charge in [-0.05, 0) is 38.6 Å². The van der Waals surface area contributed by atoms with Gasteiger partial charge in [0.25, 0.3) is 0 Å². The van der Waals surface area contributed by atoms with Crippen molar-refractivity contribution < 1.29 is 4.74 Å². The van der Waals surface area contributed by atoms with Crippen molar-refractivity contribution in [2.75, 3.05) is 33.3 Å². The lowest BCUT2D eigenvalue weighted by Crippen LogP contribution is -2.45. The average molecular weight is 303 g/mol. The number of nitrogens with zero attached hydrogens (tertiary/aromatic N) is 1. The Labute approximate surface area is 124 Å². The average Bonchev–Trinajstić information content (AvgIpc) is 2.42. The predicted molar refractivity (Wildman–Crippen MR) is 80.5 cm³/mol. The maximum Gasteiger partial charge on any atom is 0.156 e. The third-order valence-corrected chi connectivity index (χ3v) is 4.08. The minimum Gasteiger partial charge on any atom is -0.489 e. The van der Waals surface area contributed by atoms with Crippen molar-refractivity contribution in [3.05, 3.63) is 28.2 Å². The van der Waals surface area contributed by atoms with E-state index in [-0.39, 0.29) is 0 Å². The number of benzene rings is 1. The van der Waals surface area contributed by atoms with E-state index in [1.807, 2.05) is 13.1 Å². The van der Waals surface area contributed by atoms with Crippen molar-refractivity contribution in [2.45, 2.75) is 18.9 Å². The molecule has 1 aromatic rings. The summed E-state index contributed by atoms with van der Waals surface area (Å²) in [5.41, 5.74) is 0. The molecule has 1 aliphatic heterocycles. The summed E-state index contributed by atoms with van der Waals surface area (Å²) in [6.45, 7) is 3.73. The molecule has 1 atom stereocenters. The van der Waals surface area contributed by atoms with E-state index in [0.717, 1.165) is 19.6 Å². The highest BCUT2D eigenvalue weighted by atomic mass is 35.5. The van der Waals surface area contributed by atoms with Crippen LogP contribution in [0, 0.1) is 0 Å². The lowest BCUT2D eigenvalue weighted by molar-refractivity contribution is 0.162. The zero-order valence-electron chi connectivity index (χ0n) is 11.2. The second kappa shape index (κ2) is 7.34. The summed E-state index contributed by atoms with van der Waals surface area (Å²) in [5, 5.41) is 4.47. The maximum atomic E-state index is 6.06. The molecule has 0 bridgehead atoms. The van der Waals surface area contributed by atoms with Crippen LogP contribution in [-0.2, 0) is 0 Å². The molecule has 2 rings (SSSR count). The van der Waals surface area contributed by atoms with Crippen LogP contribution in [0.15, 0.2) is 18.2 Å². The zero-order chi connectivity index (χ0) is 13.7. The quantitative estimate of drug-likeness (QED) is 0.905. The van der Waals surface area contributed by atoms with E-state index in [9.17, 15) is 0 Å². The van der Waals surface area contributed by atoms with Crippen LogP contribution in [-0.4, -0.2) is 44.2 Å². The Balaban J connectivity index is 1.80. The molecule has 1 aliphatic rings. The van der Waals surface area contributed by atoms with Crippen molar-refractivity contribution in [1.82, 2.24) is 10.2 Å². The number of piperidine rings is 1. The van der Waals surface area contributed by atoms with E-state index in [1.54, 1.807) is 12.1 Å². The fourth-order valence-electron chi connectivity index (χ4n) is 2.39. The van der Waals surface area contributed by atoms with E-state index in [4.69, 9.17) is 27.9 Å². The van der Waals surface area contributed by atoms with Gasteiger partial charge in [0.2, 0.25) is 0 Å². The Hall–Kier alpha value is -0.480. The molecule has 0 saturated carbocycles. The number of hydrogen-bond acceptors (Lipinski definition) is 3. The fourth-order valence-corrected chi connectivity index (χ4v) is 2.90. The molecule has 0 radical (unpaired) electrons. The standard InChI is InChI=1S/C14H20Cl2N2O/c1-17-11-4-3-7-18(10-11)8-9-19-14-12(15)5-2-6-13(14)16/h2,5-6,11,17H,3-4,7-10H2,1H3. The van der Waals surface area contributed by atoms with Crippen LogP contribution in [0.25, 0.3) is 0 Å². The SMILES string of the molecule is CNC1CCCN(CCOc2c(Cl)cccc2Cl)C1. The number of halogens is 2. The third kappa shape index (κ3) is 4.25. The molecule has 1 fully saturated rings. The van der Waals surface area contributed by atoms with Gasteiger partial charge < -0.3 is 10.1 Å². The van der Waals surface area contributed by atoms with Crippen molar-refractivity contribution in [3.63, 3.8) is 0 Å². The summed E-state index contributed by atoms with van der Waals surface area (Å²) < 4.78 is 5.71. The van der Waals surface area contributed by atoms with E-state index < -0.39 is 0 Å². The molecule has 0 spiro atoms. The summed E-state index contributed by atoms with van der Waals surface area (Å²) in [6, 6.07) is 6.00. The number of ether oxygens (including phenoxy) is 1. The molecule has 1 N–H and O–H groups in total. The molecule has 3 nitrogen and oxygen atoms in total. The Morgan fingerprint density at radius 1 is 1.37 bits per heavy atom. The first-order valence-corrected chi connectivity index (χ1v) is 7.42. The van der Waals surface area contributed by atoms with Crippen LogP contribution in [0.3, 0.4) is 0 Å². The molecule has 0 aromatic heterocycles. The number of nitrogens with one attached hydrogen (secondary N) is 1. The van der Waals surface area contributed by atoms with Crippen LogP contribution in [0.4, 0.5) is 0 Å². The maximum absolute atomic E-state index is 6.06. The van der Waals surface area contributed by atoms with Crippen molar-refractivity contribution in [2.24, 2.45) is 0 Å². The first-order valence-electron chi connectivity index (χ1n) is 6.67. The lowest BCUT2D eigenvalue weighted by atomic mass is 10.1. The summed E-state index contributed by atoms with van der Waals surface area (Å²) in [5.74, 6) is 0.591. The van der Waals surface area contributed by atoms with Gasteiger partial charge in [-0.3, -0.25) is 4.90 Å². The van der Waals surface area contributed by atoms with Gasteiger partial charge in [-0.15, -0.1) is 0 Å². The Morgan fingerprint density at radius 2 is 2.11 bits per heavy atom. The van der Waals surface area contributed by atoms with Gasteiger partial charge in [-0.25, -0.2) is 0 Å². The topological polar surface area (TPSA) is 24.5 Å². The van der Waals surface area contributed by atoms with Crippen molar-refractivity contribution in [3.8, 4) is 5.75 Å². The number of hydrogen-bond donors (Lipinski definition) is 1. The number of likely N-dealkylation sites (N-methyl/N-ethyl adjacent to an activating group) is 1. The highest BCUT2D eigenvalue weighted by molar-refractivity contribution is 6.37. The predicted octanol–water partition coefficient (Wildman–Crippen LogP) is 3.06. The molecule has 5 heteroatoms. The van der Waals surface area contributed by atoms with Crippen LogP contribution < -0.4 is 10.1 Å². The van der Waals surface area contributed by atoms with E-state index in [2.05, 4.69) is 10.2 Å². The molecule has 1 heterocycles. The second-order valence-electron chi connectivity index (χ2n) is 4.83. The highest BCUT2D eigenvalue weighted by Gasteiger charge is 2.18. The van der Waals surface area contributed by atoms with Gasteiger partial charge in [0.1, 0.15) is 6.61 Å². The van der Waals surface area contributed by atoms with Gasteiger partial charge in [0, 0.05) is 19.1 Å². The fraction of sp³-hybridized carbons (Fsp3) is 0.571. The monoisotopic (exact) mass is 302 g/mol. The van der Waals surface area contributed by atoms with E-state index in [0.29, 0.717) is 28.4 Å². The van der Waals surface area contributed by atoms with Crippen LogP contribution in [0.2, 0.25) is 10.0 Å². The molecule has 0 aliphatic carbocycles. The first kappa shape index (κ1) is 14.9. The smallest absolute Gasteiger partial charge is 0.156 e. The Bertz CT molecular complexity index is 394. The molecular weight excluding hydrogens is 283 g/mol. The molecule has 1 aromatic carbocycles. The van der Waals surface area contributed by atoms with E-state index >= 15 is 0 Å². The molecular formula is C14H20Cl2N2O.